The molecule has 0 aliphatic carbocycles. The normalized spacial score (nSPS) is 11.4. The molecule has 0 radical (unpaired) electrons. The minimum absolute atomic E-state index is 0.130. The van der Waals surface area contributed by atoms with E-state index in [4.69, 9.17) is 4.84 Å². The zero-order valence-corrected chi connectivity index (χ0v) is 22.9. The largest absolute Gasteiger partial charge is 0.478 e. The first-order chi connectivity index (χ1) is 19.2. The van der Waals surface area contributed by atoms with Crippen LogP contribution in [0.4, 0.5) is 4.79 Å². The lowest BCUT2D eigenvalue weighted by molar-refractivity contribution is -0.130. The second-order valence-corrected chi connectivity index (χ2v) is 9.60. The number of amides is 3. The molecular formula is C29H35N5O6. The molecule has 0 aliphatic rings. The molecule has 0 saturated carbocycles. The molecule has 3 amide bonds. The Morgan fingerprint density at radius 3 is 2.35 bits per heavy atom. The fourth-order valence-corrected chi connectivity index (χ4v) is 4.03. The summed E-state index contributed by atoms with van der Waals surface area (Å²) in [5.41, 5.74) is 4.37. The maximum absolute atomic E-state index is 13.6. The van der Waals surface area contributed by atoms with Gasteiger partial charge in [0.25, 0.3) is 11.8 Å². The van der Waals surface area contributed by atoms with Gasteiger partial charge in [-0.05, 0) is 36.1 Å². The van der Waals surface area contributed by atoms with Gasteiger partial charge in [-0.25, -0.2) is 14.6 Å². The van der Waals surface area contributed by atoms with E-state index in [2.05, 4.69) is 22.7 Å². The molecule has 1 aromatic heterocycles. The molecule has 2 aromatic carbocycles. The fraction of sp³-hybridized carbons (Fsp3) is 0.345. The van der Waals surface area contributed by atoms with Crippen molar-refractivity contribution in [3.8, 4) is 0 Å². The first-order valence-corrected chi connectivity index (χ1v) is 13.1. The number of hydroxylamine groups is 1. The van der Waals surface area contributed by atoms with Crippen LogP contribution in [-0.2, 0) is 29.0 Å². The zero-order chi connectivity index (χ0) is 29.1. The summed E-state index contributed by atoms with van der Waals surface area (Å²) in [7, 11) is 2.98. The van der Waals surface area contributed by atoms with Crippen LogP contribution in [-0.4, -0.2) is 63.6 Å². The fourth-order valence-electron chi connectivity index (χ4n) is 4.03. The van der Waals surface area contributed by atoms with Crippen LogP contribution < -0.4 is 10.8 Å². The summed E-state index contributed by atoms with van der Waals surface area (Å²) in [5, 5.41) is 12.2. The van der Waals surface area contributed by atoms with Crippen LogP contribution in [0.1, 0.15) is 64.0 Å². The summed E-state index contributed by atoms with van der Waals surface area (Å²) in [5.74, 6) is -1.24. The molecule has 0 unspecified atom stereocenters. The molecule has 3 rings (SSSR count). The third-order valence-corrected chi connectivity index (χ3v) is 6.18. The first kappa shape index (κ1) is 29.9. The van der Waals surface area contributed by atoms with Gasteiger partial charge >= 0.3 is 12.1 Å². The first-order valence-electron chi connectivity index (χ1n) is 13.1. The molecule has 0 spiro atoms. The summed E-state index contributed by atoms with van der Waals surface area (Å²) in [6, 6.07) is 15.3. The second-order valence-electron chi connectivity index (χ2n) is 9.60. The van der Waals surface area contributed by atoms with E-state index in [1.807, 2.05) is 34.9 Å². The maximum atomic E-state index is 13.6. The Hall–Kier alpha value is -4.67. The van der Waals surface area contributed by atoms with E-state index in [1.165, 1.54) is 37.3 Å². The number of carbonyl (C=O) groups is 4. The SMILES string of the molecule is CCCCc1ncc(C(=O)N[C@H](CC(=O)NOC(=O)N(C)C)Cc2ccccc2)n1Cc1ccc(C(=O)O)cc1. The highest BCUT2D eigenvalue weighted by Crippen LogP contribution is 2.15. The molecule has 212 valence electrons. The van der Waals surface area contributed by atoms with Gasteiger partial charge in [-0.2, -0.15) is 5.48 Å². The van der Waals surface area contributed by atoms with Gasteiger partial charge in [0.15, 0.2) is 0 Å². The minimum atomic E-state index is -1.01. The van der Waals surface area contributed by atoms with Gasteiger partial charge in [-0.3, -0.25) is 9.59 Å². The highest BCUT2D eigenvalue weighted by molar-refractivity contribution is 5.93. The van der Waals surface area contributed by atoms with Crippen molar-refractivity contribution in [1.29, 1.82) is 0 Å². The number of hydrogen-bond donors (Lipinski definition) is 3. The van der Waals surface area contributed by atoms with Crippen LogP contribution in [0.25, 0.3) is 0 Å². The highest BCUT2D eigenvalue weighted by atomic mass is 16.7. The van der Waals surface area contributed by atoms with Crippen molar-refractivity contribution in [1.82, 2.24) is 25.2 Å². The van der Waals surface area contributed by atoms with Crippen LogP contribution in [0, 0.1) is 0 Å². The van der Waals surface area contributed by atoms with Gasteiger partial charge in [0.05, 0.1) is 18.2 Å². The van der Waals surface area contributed by atoms with E-state index in [-0.39, 0.29) is 12.0 Å². The summed E-state index contributed by atoms with van der Waals surface area (Å²) in [6.45, 7) is 2.40. The number of aryl methyl sites for hydroxylation is 1. The van der Waals surface area contributed by atoms with E-state index in [9.17, 15) is 24.3 Å². The smallest absolute Gasteiger partial charge is 0.433 e. The Balaban J connectivity index is 1.82. The summed E-state index contributed by atoms with van der Waals surface area (Å²) < 4.78 is 1.82. The summed E-state index contributed by atoms with van der Waals surface area (Å²) in [4.78, 5) is 59.5. The van der Waals surface area contributed by atoms with Crippen LogP contribution in [0.2, 0.25) is 0 Å². The standard InChI is InChI=1S/C29H35N5O6/c1-4-5-11-25-30-18-24(34(25)19-21-12-14-22(15-13-21)28(37)38)27(36)31-23(16-20-9-7-6-8-10-20)17-26(35)32-40-29(39)33(2)3/h6-10,12-15,18,23H,4-5,11,16-17,19H2,1-3H3,(H,31,36)(H,32,35)(H,37,38)/t23-/m0/s1. The Labute approximate surface area is 233 Å². The molecule has 1 atom stereocenters. The average Bonchev–Trinajstić information content (AvgIpc) is 3.33. The van der Waals surface area contributed by atoms with Crippen LogP contribution >= 0.6 is 0 Å². The second kappa shape index (κ2) is 14.5. The number of carboxylic acids is 1. The number of carboxylic acid groups (broad SMARTS) is 1. The Kier molecular flexibility index (Phi) is 10.8. The maximum Gasteiger partial charge on any atom is 0.433 e. The Bertz CT molecular complexity index is 1300. The van der Waals surface area contributed by atoms with Crippen molar-refractivity contribution in [3.63, 3.8) is 0 Å². The monoisotopic (exact) mass is 549 g/mol. The number of rotatable bonds is 12. The lowest BCUT2D eigenvalue weighted by atomic mass is 10.0. The molecule has 0 saturated heterocycles. The predicted molar refractivity (Wildman–Crippen MR) is 148 cm³/mol. The molecule has 1 heterocycles. The third-order valence-electron chi connectivity index (χ3n) is 6.18. The quantitative estimate of drug-likeness (QED) is 0.294. The highest BCUT2D eigenvalue weighted by Gasteiger charge is 2.23. The van der Waals surface area contributed by atoms with Crippen molar-refractivity contribution in [2.75, 3.05) is 14.1 Å². The number of nitrogens with one attached hydrogen (secondary N) is 2. The number of unbranched alkanes of at least 4 members (excludes halogenated alkanes) is 1. The lowest BCUT2D eigenvalue weighted by Crippen LogP contribution is -2.42. The average molecular weight is 550 g/mol. The summed E-state index contributed by atoms with van der Waals surface area (Å²) >= 11 is 0. The Morgan fingerprint density at radius 1 is 1.02 bits per heavy atom. The predicted octanol–water partition coefficient (Wildman–Crippen LogP) is 3.43. The van der Waals surface area contributed by atoms with E-state index in [1.54, 1.807) is 12.1 Å². The number of carbonyl (C=O) groups excluding carboxylic acids is 3. The molecule has 11 heteroatoms. The van der Waals surface area contributed by atoms with Crippen LogP contribution in [0.3, 0.4) is 0 Å². The van der Waals surface area contributed by atoms with E-state index < -0.39 is 29.9 Å². The summed E-state index contributed by atoms with van der Waals surface area (Å²) in [6.07, 6.45) is 3.54. The molecular weight excluding hydrogens is 514 g/mol. The minimum Gasteiger partial charge on any atom is -0.478 e. The zero-order valence-electron chi connectivity index (χ0n) is 22.9. The van der Waals surface area contributed by atoms with Gasteiger partial charge in [0.1, 0.15) is 11.5 Å². The van der Waals surface area contributed by atoms with Crippen molar-refractivity contribution in [2.24, 2.45) is 0 Å². The lowest BCUT2D eigenvalue weighted by Gasteiger charge is -2.20. The van der Waals surface area contributed by atoms with Gasteiger partial charge in [0, 0.05) is 33.1 Å². The van der Waals surface area contributed by atoms with Crippen molar-refractivity contribution >= 4 is 23.9 Å². The molecule has 3 N–H and O–H groups in total. The molecule has 11 nitrogen and oxygen atoms in total. The number of aromatic nitrogens is 2. The van der Waals surface area contributed by atoms with Crippen LogP contribution in [0.5, 0.6) is 0 Å². The van der Waals surface area contributed by atoms with Gasteiger partial charge < -0.3 is 24.7 Å². The number of hydrogen-bond acceptors (Lipinski definition) is 6. The van der Waals surface area contributed by atoms with Crippen molar-refractivity contribution < 1.29 is 29.1 Å². The molecule has 0 aliphatic heterocycles. The third kappa shape index (κ3) is 8.69. The molecule has 0 bridgehead atoms. The topological polar surface area (TPSA) is 143 Å². The van der Waals surface area contributed by atoms with Crippen LogP contribution in [0.15, 0.2) is 60.8 Å². The molecule has 0 fully saturated rings. The molecule has 40 heavy (non-hydrogen) atoms. The van der Waals surface area contributed by atoms with E-state index in [0.29, 0.717) is 25.1 Å². The van der Waals surface area contributed by atoms with E-state index >= 15 is 0 Å². The Morgan fingerprint density at radius 2 is 1.73 bits per heavy atom. The van der Waals surface area contributed by atoms with Crippen molar-refractivity contribution in [3.05, 3.63) is 89.0 Å². The van der Waals surface area contributed by atoms with E-state index in [0.717, 1.165) is 29.8 Å². The van der Waals surface area contributed by atoms with Crippen molar-refractivity contribution in [2.45, 2.75) is 51.6 Å². The van der Waals surface area contributed by atoms with Gasteiger partial charge in [-0.15, -0.1) is 0 Å². The number of nitrogens with zero attached hydrogens (tertiary/aromatic N) is 3. The van der Waals surface area contributed by atoms with Gasteiger partial charge in [0.2, 0.25) is 0 Å². The number of aromatic carboxylic acids is 1. The number of benzene rings is 2. The molecule has 3 aromatic rings. The van der Waals surface area contributed by atoms with Gasteiger partial charge in [-0.1, -0.05) is 55.8 Å². The number of imidazole rings is 1.